The number of amides is 1. The molecule has 0 aliphatic carbocycles. The molecule has 8 nitrogen and oxygen atoms in total. The molecule has 0 fully saturated rings. The quantitative estimate of drug-likeness (QED) is 0.558. The lowest BCUT2D eigenvalue weighted by Crippen LogP contribution is -2.32. The highest BCUT2D eigenvalue weighted by atomic mass is 35.5. The molecule has 0 bridgehead atoms. The first-order valence-corrected chi connectivity index (χ1v) is 8.87. The van der Waals surface area contributed by atoms with E-state index in [1.54, 1.807) is 6.07 Å². The second-order valence-electron chi connectivity index (χ2n) is 6.05. The van der Waals surface area contributed by atoms with E-state index < -0.39 is 5.56 Å². The van der Waals surface area contributed by atoms with E-state index in [9.17, 15) is 9.59 Å². The van der Waals surface area contributed by atoms with Crippen molar-refractivity contribution >= 4 is 28.7 Å². The second kappa shape index (κ2) is 7.61. The fourth-order valence-electron chi connectivity index (χ4n) is 2.75. The smallest absolute Gasteiger partial charge is 0.284 e. The minimum Gasteiger partial charge on any atom is -0.350 e. The van der Waals surface area contributed by atoms with Crippen LogP contribution in [0.5, 0.6) is 0 Å². The summed E-state index contributed by atoms with van der Waals surface area (Å²) in [5.41, 5.74) is 1.55. The predicted octanol–water partition coefficient (Wildman–Crippen LogP) is 1.95. The molecule has 1 amide bonds. The number of benzene rings is 2. The van der Waals surface area contributed by atoms with Crippen molar-refractivity contribution in [3.8, 4) is 5.69 Å². The fourth-order valence-corrected chi connectivity index (χ4v) is 2.95. The fraction of sp³-hybridized carbons (Fsp3) is 0.105. The van der Waals surface area contributed by atoms with Gasteiger partial charge in [0, 0.05) is 11.6 Å². The summed E-state index contributed by atoms with van der Waals surface area (Å²) in [4.78, 5) is 29.1. The van der Waals surface area contributed by atoms with Gasteiger partial charge in [-0.25, -0.2) is 4.98 Å². The van der Waals surface area contributed by atoms with Crippen LogP contribution in [0, 0.1) is 0 Å². The van der Waals surface area contributed by atoms with Crippen LogP contribution in [0.4, 0.5) is 0 Å². The average molecular weight is 395 g/mol. The maximum absolute atomic E-state index is 12.6. The van der Waals surface area contributed by atoms with Gasteiger partial charge in [0.25, 0.3) is 5.56 Å². The zero-order chi connectivity index (χ0) is 19.5. The standard InChI is InChI=1S/C19H15ClN6O2/c20-15-9-5-4-6-13(15)10-21-16(27)11-25-12-22-18-17(19(25)28)23-24-26(18)14-7-2-1-3-8-14/h1-9,12H,10-11H2,(H,21,27). The monoisotopic (exact) mass is 394 g/mol. The Hall–Kier alpha value is -3.52. The molecule has 9 heteroatoms. The van der Waals surface area contributed by atoms with E-state index in [0.717, 1.165) is 11.3 Å². The van der Waals surface area contributed by atoms with Crippen molar-refractivity contribution in [1.29, 1.82) is 0 Å². The molecule has 0 saturated carbocycles. The molecule has 0 aliphatic rings. The van der Waals surface area contributed by atoms with Gasteiger partial charge in [0.15, 0.2) is 11.2 Å². The zero-order valence-corrected chi connectivity index (χ0v) is 15.4. The van der Waals surface area contributed by atoms with Gasteiger partial charge in [-0.2, -0.15) is 4.68 Å². The molecule has 0 aliphatic heterocycles. The topological polar surface area (TPSA) is 94.7 Å². The molecular formula is C19H15ClN6O2. The number of para-hydroxylation sites is 1. The number of halogens is 1. The van der Waals surface area contributed by atoms with Gasteiger partial charge in [-0.1, -0.05) is 53.2 Å². The first-order valence-electron chi connectivity index (χ1n) is 8.50. The Kier molecular flexibility index (Phi) is 4.86. The van der Waals surface area contributed by atoms with E-state index in [2.05, 4.69) is 20.6 Å². The largest absolute Gasteiger partial charge is 0.350 e. The van der Waals surface area contributed by atoms with Gasteiger partial charge in [-0.3, -0.25) is 14.2 Å². The number of nitrogens with one attached hydrogen (secondary N) is 1. The summed E-state index contributed by atoms with van der Waals surface area (Å²) < 4.78 is 2.69. The van der Waals surface area contributed by atoms with E-state index >= 15 is 0 Å². The zero-order valence-electron chi connectivity index (χ0n) is 14.6. The summed E-state index contributed by atoms with van der Waals surface area (Å²) in [6, 6.07) is 16.5. The van der Waals surface area contributed by atoms with Gasteiger partial charge in [0.05, 0.1) is 5.69 Å². The number of nitrogens with zero attached hydrogens (tertiary/aromatic N) is 5. The molecule has 4 aromatic rings. The molecular weight excluding hydrogens is 380 g/mol. The number of rotatable bonds is 5. The van der Waals surface area contributed by atoms with Crippen LogP contribution in [0.1, 0.15) is 5.56 Å². The Bertz CT molecular complexity index is 1200. The Balaban J connectivity index is 1.53. The molecule has 2 heterocycles. The van der Waals surface area contributed by atoms with Crippen molar-refractivity contribution in [3.63, 3.8) is 0 Å². The van der Waals surface area contributed by atoms with Crippen LogP contribution in [0.25, 0.3) is 16.9 Å². The summed E-state index contributed by atoms with van der Waals surface area (Å²) in [7, 11) is 0. The number of fused-ring (bicyclic) bond motifs is 1. The van der Waals surface area contributed by atoms with Gasteiger partial charge in [0.1, 0.15) is 12.9 Å². The average Bonchev–Trinajstić information content (AvgIpc) is 3.15. The number of hydrogen-bond acceptors (Lipinski definition) is 5. The summed E-state index contributed by atoms with van der Waals surface area (Å²) in [6.07, 6.45) is 1.32. The first-order chi connectivity index (χ1) is 13.6. The maximum Gasteiger partial charge on any atom is 0.284 e. The minimum atomic E-state index is -0.430. The van der Waals surface area contributed by atoms with Crippen LogP contribution in [0.3, 0.4) is 0 Å². The minimum absolute atomic E-state index is 0.102. The van der Waals surface area contributed by atoms with Crippen molar-refractivity contribution in [3.05, 3.63) is 81.9 Å². The second-order valence-corrected chi connectivity index (χ2v) is 6.46. The molecule has 2 aromatic carbocycles. The van der Waals surface area contributed by atoms with Gasteiger partial charge >= 0.3 is 0 Å². The molecule has 4 rings (SSSR count). The van der Waals surface area contributed by atoms with Crippen molar-refractivity contribution in [2.24, 2.45) is 0 Å². The van der Waals surface area contributed by atoms with Crippen molar-refractivity contribution in [2.45, 2.75) is 13.1 Å². The number of hydrogen-bond donors (Lipinski definition) is 1. The van der Waals surface area contributed by atoms with E-state index in [4.69, 9.17) is 11.6 Å². The van der Waals surface area contributed by atoms with Crippen LogP contribution in [0.2, 0.25) is 5.02 Å². The number of aromatic nitrogens is 5. The number of carbonyl (C=O) groups excluding carboxylic acids is 1. The molecule has 2 aromatic heterocycles. The van der Waals surface area contributed by atoms with Crippen molar-refractivity contribution in [2.75, 3.05) is 0 Å². The first kappa shape index (κ1) is 17.9. The lowest BCUT2D eigenvalue weighted by molar-refractivity contribution is -0.121. The van der Waals surface area contributed by atoms with Gasteiger partial charge in [0.2, 0.25) is 5.91 Å². The highest BCUT2D eigenvalue weighted by Gasteiger charge is 2.14. The Morgan fingerprint density at radius 1 is 1.07 bits per heavy atom. The Morgan fingerprint density at radius 2 is 1.82 bits per heavy atom. The third-order valence-electron chi connectivity index (χ3n) is 4.18. The van der Waals surface area contributed by atoms with E-state index in [1.807, 2.05) is 48.5 Å². The van der Waals surface area contributed by atoms with E-state index in [-0.39, 0.29) is 24.5 Å². The lowest BCUT2D eigenvalue weighted by Gasteiger charge is -2.08. The van der Waals surface area contributed by atoms with Crippen molar-refractivity contribution in [1.82, 2.24) is 29.9 Å². The lowest BCUT2D eigenvalue weighted by atomic mass is 10.2. The summed E-state index contributed by atoms with van der Waals surface area (Å²) in [5, 5.41) is 11.3. The van der Waals surface area contributed by atoms with Crippen LogP contribution in [-0.4, -0.2) is 30.5 Å². The molecule has 0 unspecified atom stereocenters. The van der Waals surface area contributed by atoms with Gasteiger partial charge in [-0.05, 0) is 23.8 Å². The summed E-state index contributed by atoms with van der Waals surface area (Å²) in [5.74, 6) is -0.335. The van der Waals surface area contributed by atoms with Gasteiger partial charge in [-0.15, -0.1) is 5.10 Å². The molecule has 28 heavy (non-hydrogen) atoms. The van der Waals surface area contributed by atoms with Gasteiger partial charge < -0.3 is 5.32 Å². The van der Waals surface area contributed by atoms with Crippen LogP contribution >= 0.6 is 11.6 Å². The SMILES string of the molecule is O=C(Cn1cnc2c(nnn2-c2ccccc2)c1=O)NCc1ccccc1Cl. The highest BCUT2D eigenvalue weighted by molar-refractivity contribution is 6.31. The van der Waals surface area contributed by atoms with Crippen LogP contribution in [0.15, 0.2) is 65.7 Å². The van der Waals surface area contributed by atoms with E-state index in [0.29, 0.717) is 10.7 Å². The molecule has 1 N–H and O–H groups in total. The summed E-state index contributed by atoms with van der Waals surface area (Å²) >= 11 is 6.08. The number of carbonyl (C=O) groups is 1. The molecule has 0 atom stereocenters. The highest BCUT2D eigenvalue weighted by Crippen LogP contribution is 2.14. The van der Waals surface area contributed by atoms with E-state index in [1.165, 1.54) is 15.6 Å². The van der Waals surface area contributed by atoms with Crippen LogP contribution < -0.4 is 10.9 Å². The van der Waals surface area contributed by atoms with Crippen LogP contribution in [-0.2, 0) is 17.9 Å². The molecule has 0 radical (unpaired) electrons. The maximum atomic E-state index is 12.6. The Morgan fingerprint density at radius 3 is 2.61 bits per heavy atom. The normalized spacial score (nSPS) is 10.9. The third kappa shape index (κ3) is 3.49. The summed E-state index contributed by atoms with van der Waals surface area (Å²) in [6.45, 7) is 0.0948. The van der Waals surface area contributed by atoms with Crippen molar-refractivity contribution < 1.29 is 4.79 Å². The molecule has 0 spiro atoms. The molecule has 0 saturated heterocycles. The third-order valence-corrected chi connectivity index (χ3v) is 4.55. The molecule has 140 valence electrons. The predicted molar refractivity (Wildman–Crippen MR) is 104 cm³/mol. The Labute approximate surface area is 164 Å².